The number of carbonyl (C=O) groups excluding carboxylic acids is 1. The van der Waals surface area contributed by atoms with Gasteiger partial charge in [-0.25, -0.2) is 4.39 Å². The molecule has 0 aliphatic heterocycles. The smallest absolute Gasteiger partial charge is 0.174 e. The molecule has 0 unspecified atom stereocenters. The molecule has 0 amide bonds. The van der Waals surface area contributed by atoms with Crippen LogP contribution in [-0.4, -0.2) is 12.4 Å². The summed E-state index contributed by atoms with van der Waals surface area (Å²) in [4.78, 5) is 11.7. The van der Waals surface area contributed by atoms with Gasteiger partial charge in [-0.2, -0.15) is 0 Å². The molecule has 0 bridgehead atoms. The minimum absolute atomic E-state index is 0.0768. The molecule has 0 atom stereocenters. The predicted octanol–water partition coefficient (Wildman–Crippen LogP) is 3.32. The summed E-state index contributed by atoms with van der Waals surface area (Å²) in [5, 5.41) is 0. The maximum absolute atomic E-state index is 13.4. The number of rotatable bonds is 5. The highest BCUT2D eigenvalue weighted by Crippen LogP contribution is 2.18. The van der Waals surface area contributed by atoms with E-state index in [-0.39, 0.29) is 18.1 Å². The molecule has 19 heavy (non-hydrogen) atoms. The third-order valence-corrected chi connectivity index (χ3v) is 2.72. The summed E-state index contributed by atoms with van der Waals surface area (Å²) in [5.41, 5.74) is 1.83. The van der Waals surface area contributed by atoms with Crippen LogP contribution in [0, 0.1) is 12.7 Å². The van der Waals surface area contributed by atoms with E-state index in [0.717, 1.165) is 11.1 Å². The monoisotopic (exact) mass is 258 g/mol. The van der Waals surface area contributed by atoms with E-state index in [1.165, 1.54) is 6.07 Å². The number of Topliss-reactive ketones (excluding diaryl/α,β-unsaturated/α-hetero) is 1. The number of ether oxygens (including phenoxy) is 1. The van der Waals surface area contributed by atoms with E-state index in [2.05, 4.69) is 0 Å². The van der Waals surface area contributed by atoms with Crippen LogP contribution < -0.4 is 4.74 Å². The second-order valence-corrected chi connectivity index (χ2v) is 4.42. The van der Waals surface area contributed by atoms with Crippen molar-refractivity contribution in [3.8, 4) is 5.75 Å². The van der Waals surface area contributed by atoms with E-state index < -0.39 is 5.82 Å². The second kappa shape index (κ2) is 6.14. The van der Waals surface area contributed by atoms with Gasteiger partial charge in [0.25, 0.3) is 0 Å². The number of aryl methyl sites for hydroxylation is 1. The van der Waals surface area contributed by atoms with Crippen molar-refractivity contribution in [1.82, 2.24) is 0 Å². The summed E-state index contributed by atoms with van der Waals surface area (Å²) in [6.45, 7) is 1.73. The van der Waals surface area contributed by atoms with E-state index in [9.17, 15) is 9.18 Å². The summed E-state index contributed by atoms with van der Waals surface area (Å²) >= 11 is 0. The Morgan fingerprint density at radius 2 is 1.89 bits per heavy atom. The molecule has 0 spiro atoms. The first-order valence-electron chi connectivity index (χ1n) is 6.10. The molecule has 0 saturated carbocycles. The minimum Gasteiger partial charge on any atom is -0.483 e. The van der Waals surface area contributed by atoms with Crippen molar-refractivity contribution < 1.29 is 13.9 Å². The van der Waals surface area contributed by atoms with E-state index in [4.69, 9.17) is 4.74 Å². The van der Waals surface area contributed by atoms with Crippen molar-refractivity contribution >= 4 is 5.78 Å². The molecule has 0 radical (unpaired) electrons. The van der Waals surface area contributed by atoms with E-state index >= 15 is 0 Å². The van der Waals surface area contributed by atoms with Gasteiger partial charge in [0, 0.05) is 6.42 Å². The van der Waals surface area contributed by atoms with Crippen LogP contribution in [0.5, 0.6) is 5.75 Å². The maximum atomic E-state index is 13.4. The van der Waals surface area contributed by atoms with E-state index in [1.54, 1.807) is 12.1 Å². The van der Waals surface area contributed by atoms with Crippen LogP contribution >= 0.6 is 0 Å². The minimum atomic E-state index is -0.446. The first-order valence-corrected chi connectivity index (χ1v) is 6.10. The number of hydrogen-bond donors (Lipinski definition) is 0. The summed E-state index contributed by atoms with van der Waals surface area (Å²) in [7, 11) is 0. The number of carbonyl (C=O) groups is 1. The van der Waals surface area contributed by atoms with Gasteiger partial charge in [-0.3, -0.25) is 4.79 Å². The topological polar surface area (TPSA) is 26.3 Å². The highest BCUT2D eigenvalue weighted by atomic mass is 19.1. The average molecular weight is 258 g/mol. The van der Waals surface area contributed by atoms with Crippen molar-refractivity contribution in [2.24, 2.45) is 0 Å². The molecule has 0 aliphatic rings. The Hall–Kier alpha value is -2.16. The molecule has 2 rings (SSSR count). The fourth-order valence-electron chi connectivity index (χ4n) is 1.75. The Kier molecular flexibility index (Phi) is 4.29. The molecule has 2 aromatic rings. The third kappa shape index (κ3) is 3.91. The third-order valence-electron chi connectivity index (χ3n) is 2.72. The summed E-state index contributed by atoms with van der Waals surface area (Å²) in [5.74, 6) is -0.397. The lowest BCUT2D eigenvalue weighted by Crippen LogP contribution is -2.14. The molecular weight excluding hydrogens is 243 g/mol. The molecule has 0 saturated heterocycles. The molecule has 0 aliphatic carbocycles. The number of hydrogen-bond acceptors (Lipinski definition) is 2. The first-order chi connectivity index (χ1) is 9.15. The Labute approximate surface area is 111 Å². The highest BCUT2D eigenvalue weighted by Gasteiger charge is 2.08. The van der Waals surface area contributed by atoms with Crippen molar-refractivity contribution in [2.45, 2.75) is 13.3 Å². The molecule has 2 aromatic carbocycles. The Morgan fingerprint density at radius 3 is 2.63 bits per heavy atom. The fraction of sp³-hybridized carbons (Fsp3) is 0.188. The molecular formula is C16H15FO2. The van der Waals surface area contributed by atoms with E-state index in [1.807, 2.05) is 37.3 Å². The normalized spacial score (nSPS) is 10.2. The van der Waals surface area contributed by atoms with E-state index in [0.29, 0.717) is 6.42 Å². The van der Waals surface area contributed by atoms with Crippen molar-refractivity contribution in [2.75, 3.05) is 6.61 Å². The SMILES string of the molecule is Cc1ccc(F)c(OCC(=O)Cc2ccccc2)c1. The predicted molar refractivity (Wildman–Crippen MR) is 71.8 cm³/mol. The van der Waals surface area contributed by atoms with Gasteiger partial charge in [0.05, 0.1) is 0 Å². The molecule has 0 N–H and O–H groups in total. The van der Waals surface area contributed by atoms with Gasteiger partial charge < -0.3 is 4.74 Å². The van der Waals surface area contributed by atoms with Crippen molar-refractivity contribution in [3.63, 3.8) is 0 Å². The van der Waals surface area contributed by atoms with Gasteiger partial charge in [0.2, 0.25) is 0 Å². The summed E-state index contributed by atoms with van der Waals surface area (Å²) in [6.07, 6.45) is 0.300. The van der Waals surface area contributed by atoms with Crippen molar-refractivity contribution in [1.29, 1.82) is 0 Å². The first kappa shape index (κ1) is 13.3. The standard InChI is InChI=1S/C16H15FO2/c1-12-7-8-15(17)16(9-12)19-11-14(18)10-13-5-3-2-4-6-13/h2-9H,10-11H2,1H3. The maximum Gasteiger partial charge on any atom is 0.174 e. The van der Waals surface area contributed by atoms with Gasteiger partial charge in [-0.05, 0) is 30.2 Å². The number of halogens is 1. The van der Waals surface area contributed by atoms with Gasteiger partial charge in [-0.15, -0.1) is 0 Å². The molecule has 3 heteroatoms. The zero-order valence-electron chi connectivity index (χ0n) is 10.7. The highest BCUT2D eigenvalue weighted by molar-refractivity contribution is 5.82. The molecule has 2 nitrogen and oxygen atoms in total. The van der Waals surface area contributed by atoms with Crippen LogP contribution in [0.4, 0.5) is 4.39 Å². The number of ketones is 1. The van der Waals surface area contributed by atoms with Crippen LogP contribution in [0.25, 0.3) is 0 Å². The number of benzene rings is 2. The largest absolute Gasteiger partial charge is 0.483 e. The molecule has 0 aromatic heterocycles. The lowest BCUT2D eigenvalue weighted by Gasteiger charge is -2.07. The summed E-state index contributed by atoms with van der Waals surface area (Å²) in [6, 6.07) is 14.0. The molecule has 98 valence electrons. The molecule has 0 fully saturated rings. The lowest BCUT2D eigenvalue weighted by atomic mass is 10.1. The van der Waals surface area contributed by atoms with Crippen LogP contribution in [0.2, 0.25) is 0 Å². The lowest BCUT2D eigenvalue weighted by molar-refractivity contribution is -0.120. The fourth-order valence-corrected chi connectivity index (χ4v) is 1.75. The zero-order chi connectivity index (χ0) is 13.7. The quantitative estimate of drug-likeness (QED) is 0.822. The Morgan fingerprint density at radius 1 is 1.16 bits per heavy atom. The van der Waals surface area contributed by atoms with Crippen LogP contribution in [-0.2, 0) is 11.2 Å². The van der Waals surface area contributed by atoms with Gasteiger partial charge in [0.15, 0.2) is 17.3 Å². The van der Waals surface area contributed by atoms with Gasteiger partial charge >= 0.3 is 0 Å². The Bertz CT molecular complexity index is 564. The van der Waals surface area contributed by atoms with Crippen LogP contribution in [0.1, 0.15) is 11.1 Å². The molecule has 0 heterocycles. The van der Waals surface area contributed by atoms with Crippen LogP contribution in [0.15, 0.2) is 48.5 Å². The second-order valence-electron chi connectivity index (χ2n) is 4.42. The average Bonchev–Trinajstić information content (AvgIpc) is 2.41. The van der Waals surface area contributed by atoms with Crippen LogP contribution in [0.3, 0.4) is 0 Å². The summed E-state index contributed by atoms with van der Waals surface area (Å²) < 4.78 is 18.6. The van der Waals surface area contributed by atoms with Gasteiger partial charge in [0.1, 0.15) is 6.61 Å². The zero-order valence-corrected chi connectivity index (χ0v) is 10.7. The van der Waals surface area contributed by atoms with Crippen molar-refractivity contribution in [3.05, 3.63) is 65.5 Å². The van der Waals surface area contributed by atoms with Gasteiger partial charge in [-0.1, -0.05) is 36.4 Å². The Balaban J connectivity index is 1.92.